The minimum atomic E-state index is -1.67. The molecule has 13 N–H and O–H groups in total. The molecule has 4 fully saturated rings. The van der Waals surface area contributed by atoms with Gasteiger partial charge in [-0.1, -0.05) is 0 Å². The molecule has 4 rings (SSSR count). The van der Waals surface area contributed by atoms with Crippen LogP contribution in [0.1, 0.15) is 6.92 Å². The normalized spacial score (nSPS) is 48.8. The van der Waals surface area contributed by atoms with E-state index in [1.165, 1.54) is 0 Å². The summed E-state index contributed by atoms with van der Waals surface area (Å²) in [7, 11) is 0. The molecule has 0 radical (unpaired) electrons. The first kappa shape index (κ1) is 41.9. The third-order valence-corrected chi connectivity index (χ3v) is 10.0. The van der Waals surface area contributed by atoms with E-state index in [1.807, 2.05) is 0 Å². The van der Waals surface area contributed by atoms with Crippen LogP contribution in [0.5, 0.6) is 0 Å². The summed E-state index contributed by atoms with van der Waals surface area (Å²) in [6.07, 6.45) is -23.5. The van der Waals surface area contributed by atoms with Gasteiger partial charge in [-0.25, -0.2) is 0 Å². The van der Waals surface area contributed by atoms with Gasteiger partial charge in [-0.2, -0.15) is 0 Å². The zero-order valence-electron chi connectivity index (χ0n) is 27.6. The second kappa shape index (κ2) is 19.0. The largest absolute Gasteiger partial charge is 0.394 e. The van der Waals surface area contributed by atoms with Crippen LogP contribution in [0.15, 0.2) is 0 Å². The molecule has 20 heteroatoms. The number of hydrogen-bond acceptors (Lipinski definition) is 20. The van der Waals surface area contributed by atoms with Crippen molar-refractivity contribution in [2.45, 2.75) is 117 Å². The van der Waals surface area contributed by atoms with Crippen LogP contribution in [0.2, 0.25) is 0 Å². The maximum atomic E-state index is 10.8. The van der Waals surface area contributed by atoms with E-state index in [4.69, 9.17) is 33.2 Å². The second-order valence-electron chi connectivity index (χ2n) is 13.4. The Balaban J connectivity index is 1.31. The van der Waals surface area contributed by atoms with E-state index in [0.717, 1.165) is 0 Å². The van der Waals surface area contributed by atoms with E-state index in [1.54, 1.807) is 6.92 Å². The summed E-state index contributed by atoms with van der Waals surface area (Å²) in [4.78, 5) is 0. The molecule has 0 saturated carbocycles. The molecule has 0 aromatic carbocycles. The summed E-state index contributed by atoms with van der Waals surface area (Å²) >= 11 is 0. The fourth-order valence-electron chi connectivity index (χ4n) is 6.77. The third-order valence-electron chi connectivity index (χ3n) is 10.0. The predicted octanol–water partition coefficient (Wildman–Crippen LogP) is -8.06. The molecule has 0 aromatic rings. The minimum absolute atomic E-state index is 0.207. The SMILES string of the molecule is CC1OC(CO)C(COCC2OC(COCC3OC(CO)C(O)C(O)C3COCC3OC(CO)C(O)C(O)C3O)C(O)C(O)C2O)C(O)C1O. The molecule has 4 aliphatic rings. The molecule has 0 spiro atoms. The van der Waals surface area contributed by atoms with Gasteiger partial charge in [0.2, 0.25) is 0 Å². The highest BCUT2D eigenvalue weighted by molar-refractivity contribution is 4.96. The lowest BCUT2D eigenvalue weighted by atomic mass is 9.87. The fraction of sp³-hybridized carbons (Fsp3) is 1.00. The molecule has 4 heterocycles. The number of rotatable bonds is 15. The molecule has 20 nitrogen and oxygen atoms in total. The second-order valence-corrected chi connectivity index (χ2v) is 13.4. The van der Waals surface area contributed by atoms with Crippen molar-refractivity contribution < 1.29 is 99.5 Å². The van der Waals surface area contributed by atoms with Gasteiger partial charge in [-0.05, 0) is 6.92 Å². The van der Waals surface area contributed by atoms with Gasteiger partial charge in [0, 0.05) is 11.8 Å². The maximum absolute atomic E-state index is 10.8. The number of hydrogen-bond donors (Lipinski definition) is 13. The molecular weight excluding hydrogens is 680 g/mol. The number of aliphatic hydroxyl groups excluding tert-OH is 13. The molecule has 4 saturated heterocycles. The Bertz CT molecular complexity index is 994. The summed E-state index contributed by atoms with van der Waals surface area (Å²) in [6, 6.07) is 0. The molecular formula is C30H54O20. The van der Waals surface area contributed by atoms with Crippen LogP contribution in [0, 0.1) is 11.8 Å². The Morgan fingerprint density at radius 2 is 0.660 bits per heavy atom. The van der Waals surface area contributed by atoms with Crippen molar-refractivity contribution >= 4 is 0 Å². The average molecular weight is 735 g/mol. The zero-order chi connectivity index (χ0) is 36.9. The van der Waals surface area contributed by atoms with Crippen molar-refractivity contribution in [1.82, 2.24) is 0 Å². The Hall–Kier alpha value is -0.800. The highest BCUT2D eigenvalue weighted by Gasteiger charge is 2.48. The number of ether oxygens (including phenoxy) is 7. The lowest BCUT2D eigenvalue weighted by molar-refractivity contribution is -0.258. The van der Waals surface area contributed by atoms with Gasteiger partial charge >= 0.3 is 0 Å². The maximum Gasteiger partial charge on any atom is 0.111 e. The van der Waals surface area contributed by atoms with Crippen molar-refractivity contribution in [1.29, 1.82) is 0 Å². The summed E-state index contributed by atoms with van der Waals surface area (Å²) in [5.74, 6) is -1.80. The highest BCUT2D eigenvalue weighted by Crippen LogP contribution is 2.30. The van der Waals surface area contributed by atoms with Crippen LogP contribution in [0.3, 0.4) is 0 Å². The summed E-state index contributed by atoms with van der Waals surface area (Å²) < 4.78 is 39.4. The predicted molar refractivity (Wildman–Crippen MR) is 161 cm³/mol. The molecule has 0 aromatic heterocycles. The standard InChI is InChI=1S/C30H54O20/c1-11-21(34)22(35)12(14(2-31)47-11)5-44-9-19-27(40)30(43)28(41)20(50-19)10-46-7-17-13(23(36)24(37)15(3-32)48-17)6-45-8-18-26(39)29(42)25(38)16(4-33)49-18/h11-43H,2-10H2,1H3. The molecule has 4 aliphatic heterocycles. The van der Waals surface area contributed by atoms with E-state index in [0.29, 0.717) is 0 Å². The van der Waals surface area contributed by atoms with Crippen molar-refractivity contribution in [2.75, 3.05) is 59.5 Å². The molecule has 0 bridgehead atoms. The van der Waals surface area contributed by atoms with Crippen molar-refractivity contribution in [3.8, 4) is 0 Å². The van der Waals surface area contributed by atoms with Gasteiger partial charge in [-0.3, -0.25) is 0 Å². The smallest absolute Gasteiger partial charge is 0.111 e. The first-order chi connectivity index (χ1) is 23.7. The van der Waals surface area contributed by atoms with Gasteiger partial charge in [-0.15, -0.1) is 0 Å². The first-order valence-corrected chi connectivity index (χ1v) is 16.7. The lowest BCUT2D eigenvalue weighted by Gasteiger charge is -2.44. The Morgan fingerprint density at radius 1 is 0.340 bits per heavy atom. The van der Waals surface area contributed by atoms with Crippen LogP contribution in [-0.4, -0.2) is 236 Å². The molecule has 20 unspecified atom stereocenters. The first-order valence-electron chi connectivity index (χ1n) is 16.7. The minimum Gasteiger partial charge on any atom is -0.394 e. The molecule has 0 amide bonds. The van der Waals surface area contributed by atoms with Crippen molar-refractivity contribution in [3.05, 3.63) is 0 Å². The Morgan fingerprint density at radius 3 is 1.12 bits per heavy atom. The van der Waals surface area contributed by atoms with Crippen LogP contribution in [-0.2, 0) is 33.2 Å². The molecule has 294 valence electrons. The van der Waals surface area contributed by atoms with E-state index in [2.05, 4.69) is 0 Å². The Kier molecular flexibility index (Phi) is 15.9. The molecule has 50 heavy (non-hydrogen) atoms. The van der Waals surface area contributed by atoms with Gasteiger partial charge < -0.3 is 99.5 Å². The van der Waals surface area contributed by atoms with Gasteiger partial charge in [0.15, 0.2) is 0 Å². The van der Waals surface area contributed by atoms with E-state index in [-0.39, 0.29) is 39.6 Å². The van der Waals surface area contributed by atoms with Crippen LogP contribution >= 0.6 is 0 Å². The quantitative estimate of drug-likeness (QED) is 0.0743. The fourth-order valence-corrected chi connectivity index (χ4v) is 6.77. The van der Waals surface area contributed by atoms with E-state index < -0.39 is 142 Å². The molecule has 0 aliphatic carbocycles. The van der Waals surface area contributed by atoms with Crippen LogP contribution in [0.4, 0.5) is 0 Å². The topological polar surface area (TPSA) is 328 Å². The van der Waals surface area contributed by atoms with Crippen molar-refractivity contribution in [2.24, 2.45) is 11.8 Å². The van der Waals surface area contributed by atoms with E-state index in [9.17, 15) is 66.4 Å². The molecule has 20 atom stereocenters. The van der Waals surface area contributed by atoms with Crippen molar-refractivity contribution in [3.63, 3.8) is 0 Å². The van der Waals surface area contributed by atoms with E-state index >= 15 is 0 Å². The Labute approximate surface area is 287 Å². The summed E-state index contributed by atoms with van der Waals surface area (Å²) in [6.45, 7) is -2.03. The third kappa shape index (κ3) is 9.46. The average Bonchev–Trinajstić information content (AvgIpc) is 3.10. The van der Waals surface area contributed by atoms with Gasteiger partial charge in [0.1, 0.15) is 79.4 Å². The lowest BCUT2D eigenvalue weighted by Crippen LogP contribution is -2.61. The summed E-state index contributed by atoms with van der Waals surface area (Å²) in [5.41, 5.74) is 0. The van der Waals surface area contributed by atoms with Crippen LogP contribution < -0.4 is 0 Å². The van der Waals surface area contributed by atoms with Gasteiger partial charge in [0.25, 0.3) is 0 Å². The monoisotopic (exact) mass is 734 g/mol. The summed E-state index contributed by atoms with van der Waals surface area (Å²) in [5, 5.41) is 133. The zero-order valence-corrected chi connectivity index (χ0v) is 27.6. The van der Waals surface area contributed by atoms with Crippen LogP contribution in [0.25, 0.3) is 0 Å². The van der Waals surface area contributed by atoms with Gasteiger partial charge in [0.05, 0.1) is 90.0 Å². The number of aliphatic hydroxyl groups is 13. The highest BCUT2D eigenvalue weighted by atomic mass is 16.6.